The van der Waals surface area contributed by atoms with Crippen molar-refractivity contribution >= 4 is 5.97 Å². The second-order valence-corrected chi connectivity index (χ2v) is 11.2. The molecule has 1 aliphatic carbocycles. The van der Waals surface area contributed by atoms with Gasteiger partial charge in [0.2, 0.25) is 5.88 Å². The summed E-state index contributed by atoms with van der Waals surface area (Å²) in [5.74, 6) is 0.0256. The fourth-order valence-corrected chi connectivity index (χ4v) is 5.68. The van der Waals surface area contributed by atoms with E-state index in [1.165, 1.54) is 13.3 Å². The predicted molar refractivity (Wildman–Crippen MR) is 149 cm³/mol. The fraction of sp³-hybridized carbons (Fsp3) is 0.438. The van der Waals surface area contributed by atoms with Gasteiger partial charge in [-0.15, -0.1) is 0 Å². The van der Waals surface area contributed by atoms with E-state index in [4.69, 9.17) is 9.47 Å². The first-order chi connectivity index (χ1) is 18.7. The summed E-state index contributed by atoms with van der Waals surface area (Å²) in [6.45, 7) is 6.55. The summed E-state index contributed by atoms with van der Waals surface area (Å²) in [7, 11) is 1.52. The van der Waals surface area contributed by atoms with Crippen LogP contribution in [-0.2, 0) is 17.8 Å². The number of fused-ring (bicyclic) bond motifs is 1. The predicted octanol–water partition coefficient (Wildman–Crippen LogP) is 6.67. The highest BCUT2D eigenvalue weighted by Gasteiger charge is 2.39. The van der Waals surface area contributed by atoms with E-state index in [0.29, 0.717) is 23.9 Å². The summed E-state index contributed by atoms with van der Waals surface area (Å²) in [5, 5.41) is 13.2. The van der Waals surface area contributed by atoms with E-state index in [-0.39, 0.29) is 18.1 Å². The zero-order chi connectivity index (χ0) is 27.7. The molecule has 0 bridgehead atoms. The summed E-state index contributed by atoms with van der Waals surface area (Å²) in [6.07, 6.45) is 4.91. The first kappa shape index (κ1) is 27.1. The van der Waals surface area contributed by atoms with Gasteiger partial charge < -0.3 is 19.9 Å². The summed E-state index contributed by atoms with van der Waals surface area (Å²) in [5.41, 5.74) is 5.45. The highest BCUT2D eigenvalue weighted by atomic mass is 19.1. The molecule has 5 rings (SSSR count). The van der Waals surface area contributed by atoms with Crippen LogP contribution in [0.3, 0.4) is 0 Å². The second-order valence-electron chi connectivity index (χ2n) is 11.2. The fourth-order valence-electron chi connectivity index (χ4n) is 5.68. The van der Waals surface area contributed by atoms with Gasteiger partial charge in [0.1, 0.15) is 17.7 Å². The molecular weight excluding hydrogens is 495 g/mol. The van der Waals surface area contributed by atoms with Crippen LogP contribution in [0.5, 0.6) is 11.6 Å². The minimum atomic E-state index is -0.755. The van der Waals surface area contributed by atoms with Crippen LogP contribution in [0.15, 0.2) is 48.7 Å². The Labute approximate surface area is 229 Å². The Balaban J connectivity index is 1.45. The topological polar surface area (TPSA) is 80.7 Å². The smallest absolute Gasteiger partial charge is 0.306 e. The molecule has 0 saturated heterocycles. The number of carboxylic acid groups (broad SMARTS) is 1. The molecule has 1 aliphatic heterocycles. The van der Waals surface area contributed by atoms with E-state index in [0.717, 1.165) is 59.3 Å². The molecule has 1 fully saturated rings. The van der Waals surface area contributed by atoms with Crippen LogP contribution in [-0.4, -0.2) is 29.2 Å². The Kier molecular flexibility index (Phi) is 7.89. The van der Waals surface area contributed by atoms with E-state index in [9.17, 15) is 14.3 Å². The van der Waals surface area contributed by atoms with Crippen LogP contribution < -0.4 is 14.8 Å². The van der Waals surface area contributed by atoms with Crippen molar-refractivity contribution in [3.05, 3.63) is 76.7 Å². The molecule has 0 unspecified atom stereocenters. The molecule has 7 heteroatoms. The average molecular weight is 533 g/mol. The Bertz CT molecular complexity index is 1350. The molecule has 1 saturated carbocycles. The van der Waals surface area contributed by atoms with Gasteiger partial charge in [0.05, 0.1) is 19.2 Å². The van der Waals surface area contributed by atoms with Gasteiger partial charge in [0.15, 0.2) is 0 Å². The number of benzene rings is 2. The largest absolute Gasteiger partial charge is 0.485 e. The van der Waals surface area contributed by atoms with Crippen LogP contribution >= 0.6 is 0 Å². The van der Waals surface area contributed by atoms with Gasteiger partial charge in [-0.1, -0.05) is 51.1 Å². The first-order valence-electron chi connectivity index (χ1n) is 13.8. The number of hydrogen-bond donors (Lipinski definition) is 2. The number of aromatic nitrogens is 1. The highest BCUT2D eigenvalue weighted by Crippen LogP contribution is 2.48. The lowest BCUT2D eigenvalue weighted by Gasteiger charge is -2.29. The van der Waals surface area contributed by atoms with E-state index in [1.54, 1.807) is 6.07 Å². The van der Waals surface area contributed by atoms with Crippen molar-refractivity contribution in [2.45, 2.75) is 71.1 Å². The number of aliphatic carboxylic acids is 1. The number of halogens is 1. The van der Waals surface area contributed by atoms with Crippen molar-refractivity contribution in [3.8, 4) is 22.8 Å². The third-order valence-electron chi connectivity index (χ3n) is 8.01. The van der Waals surface area contributed by atoms with Gasteiger partial charge in [-0.25, -0.2) is 9.37 Å². The van der Waals surface area contributed by atoms with Crippen LogP contribution in [0.1, 0.15) is 74.3 Å². The maximum Gasteiger partial charge on any atom is 0.306 e. The van der Waals surface area contributed by atoms with Crippen LogP contribution in [0.2, 0.25) is 0 Å². The van der Waals surface area contributed by atoms with Crippen molar-refractivity contribution in [1.29, 1.82) is 0 Å². The third-order valence-corrected chi connectivity index (χ3v) is 8.01. The molecule has 2 N–H and O–H groups in total. The maximum atomic E-state index is 14.9. The van der Waals surface area contributed by atoms with E-state index in [1.807, 2.05) is 19.1 Å². The van der Waals surface area contributed by atoms with Crippen molar-refractivity contribution in [2.24, 2.45) is 11.8 Å². The standard InChI is InChI=1S/C32H37FN2O4/c1-18(2)34-16-24-13-22(9-11-25(24)26-15-30(38-4)35-17-27(26)33)28-12-10-20-5-8-23(14-29(20)39-28)31(21-6-7-21)19(3)32(36)37/h5,8-9,11,13-15,17-19,21,28,31,34H,6-7,10,12,16H2,1-4H3,(H,36,37)/t19-,28-,31-/m0/s1. The Morgan fingerprint density at radius 2 is 1.92 bits per heavy atom. The van der Waals surface area contributed by atoms with Gasteiger partial charge in [0, 0.05) is 24.2 Å². The number of ether oxygens (including phenoxy) is 2. The number of nitrogens with zero attached hydrogens (tertiary/aromatic N) is 1. The van der Waals surface area contributed by atoms with Crippen molar-refractivity contribution in [3.63, 3.8) is 0 Å². The zero-order valence-electron chi connectivity index (χ0n) is 23.0. The Morgan fingerprint density at radius 1 is 1.13 bits per heavy atom. The summed E-state index contributed by atoms with van der Waals surface area (Å²) >= 11 is 0. The Morgan fingerprint density at radius 3 is 2.62 bits per heavy atom. The normalized spacial score (nSPS) is 18.3. The van der Waals surface area contributed by atoms with Gasteiger partial charge in [-0.3, -0.25) is 4.79 Å². The van der Waals surface area contributed by atoms with Gasteiger partial charge in [-0.2, -0.15) is 0 Å². The molecule has 3 atom stereocenters. The minimum absolute atomic E-state index is 0.00276. The zero-order valence-corrected chi connectivity index (χ0v) is 23.0. The second kappa shape index (κ2) is 11.3. The Hall–Kier alpha value is -3.45. The SMILES string of the molecule is COc1cc(-c2ccc([C@@H]3CCc4ccc([C@H](C5CC5)[C@H](C)C(=O)O)cc4O3)cc2CNC(C)C)c(F)cn1. The molecule has 0 amide bonds. The van der Waals surface area contributed by atoms with E-state index in [2.05, 4.69) is 48.4 Å². The quantitative estimate of drug-likeness (QED) is 0.303. The summed E-state index contributed by atoms with van der Waals surface area (Å²) in [4.78, 5) is 15.8. The molecule has 2 heterocycles. The number of hydrogen-bond acceptors (Lipinski definition) is 5. The van der Waals surface area contributed by atoms with Crippen LogP contribution in [0.25, 0.3) is 11.1 Å². The number of carbonyl (C=O) groups is 1. The molecular formula is C32H37FN2O4. The maximum absolute atomic E-state index is 14.9. The monoisotopic (exact) mass is 532 g/mol. The molecule has 2 aliphatic rings. The highest BCUT2D eigenvalue weighted by molar-refractivity contribution is 5.71. The number of carboxylic acids is 1. The van der Waals surface area contributed by atoms with Crippen LogP contribution in [0.4, 0.5) is 4.39 Å². The molecule has 0 radical (unpaired) electrons. The van der Waals surface area contributed by atoms with Gasteiger partial charge >= 0.3 is 5.97 Å². The number of methoxy groups -OCH3 is 1. The van der Waals surface area contributed by atoms with Gasteiger partial charge in [0.25, 0.3) is 0 Å². The number of rotatable bonds is 10. The van der Waals surface area contributed by atoms with Crippen molar-refractivity contribution in [2.75, 3.05) is 7.11 Å². The molecule has 3 aromatic rings. The first-order valence-corrected chi connectivity index (χ1v) is 13.8. The molecule has 1 aromatic heterocycles. The van der Waals surface area contributed by atoms with E-state index >= 15 is 0 Å². The lowest BCUT2D eigenvalue weighted by atomic mass is 9.82. The molecule has 0 spiro atoms. The summed E-state index contributed by atoms with van der Waals surface area (Å²) < 4.78 is 26.7. The number of pyridine rings is 1. The summed E-state index contributed by atoms with van der Waals surface area (Å²) in [6, 6.07) is 14.2. The third kappa shape index (κ3) is 5.93. The van der Waals surface area contributed by atoms with Crippen molar-refractivity contribution in [1.82, 2.24) is 10.3 Å². The van der Waals surface area contributed by atoms with Crippen molar-refractivity contribution < 1.29 is 23.8 Å². The van der Waals surface area contributed by atoms with Crippen LogP contribution in [0, 0.1) is 17.7 Å². The van der Waals surface area contributed by atoms with E-state index < -0.39 is 17.7 Å². The lowest BCUT2D eigenvalue weighted by Crippen LogP contribution is -2.23. The molecule has 39 heavy (non-hydrogen) atoms. The lowest BCUT2D eigenvalue weighted by molar-refractivity contribution is -0.142. The molecule has 2 aromatic carbocycles. The molecule has 206 valence electrons. The van der Waals surface area contributed by atoms with Gasteiger partial charge in [-0.05, 0) is 71.4 Å². The number of nitrogens with one attached hydrogen (secondary N) is 1. The molecule has 6 nitrogen and oxygen atoms in total. The minimum Gasteiger partial charge on any atom is -0.485 e. The number of aryl methyl sites for hydroxylation is 1. The average Bonchev–Trinajstić information content (AvgIpc) is 3.77.